The van der Waals surface area contributed by atoms with Crippen LogP contribution in [0.4, 0.5) is 14.6 Å². The van der Waals surface area contributed by atoms with Crippen molar-refractivity contribution in [1.82, 2.24) is 14.3 Å². The summed E-state index contributed by atoms with van der Waals surface area (Å²) in [7, 11) is -3.81. The number of benzene rings is 1. The summed E-state index contributed by atoms with van der Waals surface area (Å²) in [5, 5.41) is 19.0. The van der Waals surface area contributed by atoms with Gasteiger partial charge in [0.05, 0.1) is 6.10 Å². The van der Waals surface area contributed by atoms with E-state index in [-0.39, 0.29) is 41.2 Å². The highest BCUT2D eigenvalue weighted by atomic mass is 32.2. The van der Waals surface area contributed by atoms with E-state index in [0.717, 1.165) is 24.2 Å². The van der Waals surface area contributed by atoms with Crippen molar-refractivity contribution in [3.05, 3.63) is 41.5 Å². The molecule has 0 spiro atoms. The van der Waals surface area contributed by atoms with Crippen LogP contribution < -0.4 is 9.46 Å². The van der Waals surface area contributed by atoms with E-state index < -0.39 is 34.1 Å². The van der Waals surface area contributed by atoms with Crippen molar-refractivity contribution in [2.45, 2.75) is 42.9 Å². The lowest BCUT2D eigenvalue weighted by atomic mass is 10.2. The van der Waals surface area contributed by atoms with Gasteiger partial charge in [-0.2, -0.15) is 17.7 Å². The molecule has 1 aromatic carbocycles. The highest BCUT2D eigenvalue weighted by Crippen LogP contribution is 2.27. The van der Waals surface area contributed by atoms with Crippen LogP contribution in [0.25, 0.3) is 0 Å². The van der Waals surface area contributed by atoms with Crippen LogP contribution in [-0.4, -0.2) is 64.8 Å². The molecule has 3 rings (SSSR count). The van der Waals surface area contributed by atoms with Crippen LogP contribution in [0.1, 0.15) is 25.3 Å². The van der Waals surface area contributed by atoms with E-state index in [0.29, 0.717) is 13.1 Å². The zero-order valence-corrected chi connectivity index (χ0v) is 18.9. The van der Waals surface area contributed by atoms with E-state index in [9.17, 15) is 22.3 Å². The van der Waals surface area contributed by atoms with Crippen molar-refractivity contribution in [3.8, 4) is 5.88 Å². The molecule has 3 N–H and O–H groups in total. The Hall–Kier alpha value is -2.06. The van der Waals surface area contributed by atoms with Crippen LogP contribution >= 0.6 is 11.8 Å². The topological polar surface area (TPSA) is 125 Å². The first-order chi connectivity index (χ1) is 15.2. The molecule has 2 heterocycles. The average molecular weight is 491 g/mol. The van der Waals surface area contributed by atoms with Crippen molar-refractivity contribution < 1.29 is 32.1 Å². The molecular formula is C19H24F2N4O5S2. The van der Waals surface area contributed by atoms with Crippen molar-refractivity contribution >= 4 is 27.8 Å². The number of nitrogens with zero attached hydrogens (tertiary/aromatic N) is 3. The first-order valence-corrected chi connectivity index (χ1v) is 12.3. The Morgan fingerprint density at radius 1 is 1.31 bits per heavy atom. The number of aliphatic hydroxyl groups excluding tert-OH is 2. The maximum atomic E-state index is 14.0. The minimum Gasteiger partial charge on any atom is -0.472 e. The number of ether oxygens (including phenoxy) is 1. The molecule has 1 aliphatic heterocycles. The van der Waals surface area contributed by atoms with Crippen LogP contribution in [-0.2, 0) is 16.0 Å². The Balaban J connectivity index is 1.82. The summed E-state index contributed by atoms with van der Waals surface area (Å²) in [6.07, 6.45) is -0.884. The number of rotatable bonds is 11. The fourth-order valence-corrected chi connectivity index (χ4v) is 4.81. The third kappa shape index (κ3) is 6.25. The lowest BCUT2D eigenvalue weighted by Crippen LogP contribution is -2.45. The quantitative estimate of drug-likeness (QED) is 0.322. The summed E-state index contributed by atoms with van der Waals surface area (Å²) < 4.78 is 61.5. The average Bonchev–Trinajstić information content (AvgIpc) is 2.67. The Morgan fingerprint density at radius 3 is 2.72 bits per heavy atom. The molecule has 0 saturated carbocycles. The number of hydrogen-bond acceptors (Lipinski definition) is 8. The van der Waals surface area contributed by atoms with Crippen molar-refractivity contribution in [2.24, 2.45) is 0 Å². The molecule has 0 amide bonds. The summed E-state index contributed by atoms with van der Waals surface area (Å²) >= 11 is 0.965. The van der Waals surface area contributed by atoms with Gasteiger partial charge in [-0.1, -0.05) is 23.9 Å². The van der Waals surface area contributed by atoms with Gasteiger partial charge in [0, 0.05) is 37.1 Å². The second kappa shape index (κ2) is 10.7. The third-order valence-corrected chi connectivity index (χ3v) is 7.14. The number of nitrogens with one attached hydrogen (secondary N) is 1. The highest BCUT2D eigenvalue weighted by Gasteiger charge is 2.28. The Morgan fingerprint density at radius 2 is 2.06 bits per heavy atom. The van der Waals surface area contributed by atoms with Gasteiger partial charge in [-0.15, -0.1) is 0 Å². The zero-order valence-electron chi connectivity index (χ0n) is 17.2. The fraction of sp³-hybridized carbons (Fsp3) is 0.474. The third-order valence-electron chi connectivity index (χ3n) is 4.73. The highest BCUT2D eigenvalue weighted by molar-refractivity contribution is 7.98. The molecule has 0 unspecified atom stereocenters. The van der Waals surface area contributed by atoms with Crippen LogP contribution in [0, 0.1) is 11.6 Å². The molecule has 32 heavy (non-hydrogen) atoms. The Bertz CT molecular complexity index is 1040. The van der Waals surface area contributed by atoms with Crippen LogP contribution in [0.2, 0.25) is 0 Å². The van der Waals surface area contributed by atoms with Gasteiger partial charge in [-0.25, -0.2) is 13.8 Å². The molecule has 9 nitrogen and oxygen atoms in total. The van der Waals surface area contributed by atoms with Crippen molar-refractivity contribution in [3.63, 3.8) is 0 Å². The smallest absolute Gasteiger partial charge is 0.302 e. The number of hydrogen-bond donors (Lipinski definition) is 3. The molecule has 2 aromatic rings. The molecule has 176 valence electrons. The number of aromatic nitrogens is 2. The van der Waals surface area contributed by atoms with Crippen LogP contribution in [0.15, 0.2) is 29.4 Å². The molecule has 0 aliphatic carbocycles. The van der Waals surface area contributed by atoms with Gasteiger partial charge >= 0.3 is 10.2 Å². The molecule has 1 fully saturated rings. The van der Waals surface area contributed by atoms with Crippen LogP contribution in [0.3, 0.4) is 0 Å². The monoisotopic (exact) mass is 490 g/mol. The van der Waals surface area contributed by atoms with Gasteiger partial charge in [0.2, 0.25) is 5.88 Å². The van der Waals surface area contributed by atoms with Gasteiger partial charge in [0.25, 0.3) is 0 Å². The summed E-state index contributed by atoms with van der Waals surface area (Å²) in [6, 6.07) is 5.08. The Labute approximate surface area is 189 Å². The van der Waals surface area contributed by atoms with E-state index in [1.165, 1.54) is 22.5 Å². The second-order valence-corrected chi connectivity index (χ2v) is 9.75. The minimum absolute atomic E-state index is 0.00590. The molecule has 2 atom stereocenters. The summed E-state index contributed by atoms with van der Waals surface area (Å²) in [5.41, 5.74) is 0.0966. The molecule has 1 saturated heterocycles. The number of anilines is 1. The zero-order chi connectivity index (χ0) is 23.3. The molecule has 1 aromatic heterocycles. The maximum Gasteiger partial charge on any atom is 0.302 e. The van der Waals surface area contributed by atoms with E-state index in [1.54, 1.807) is 6.92 Å². The molecule has 13 heteroatoms. The predicted octanol–water partition coefficient (Wildman–Crippen LogP) is 1.92. The minimum atomic E-state index is -3.81. The van der Waals surface area contributed by atoms with Gasteiger partial charge in [0.15, 0.2) is 16.8 Å². The normalized spacial score (nSPS) is 16.3. The van der Waals surface area contributed by atoms with E-state index in [4.69, 9.17) is 9.84 Å². The largest absolute Gasteiger partial charge is 0.472 e. The maximum absolute atomic E-state index is 14.0. The first-order valence-electron chi connectivity index (χ1n) is 9.88. The van der Waals surface area contributed by atoms with Crippen molar-refractivity contribution in [2.75, 3.05) is 24.4 Å². The number of thioether (sulfide) groups is 1. The lowest BCUT2D eigenvalue weighted by molar-refractivity contribution is 0.0277. The lowest BCUT2D eigenvalue weighted by Gasteiger charge is -2.29. The SMILES string of the molecule is C[C@@H](Oc1cc(NS(=O)(=O)N2CCC2)nc(SCc2cccc(F)c2F)n1)[C@@H](O)CCO. The predicted molar refractivity (Wildman–Crippen MR) is 114 cm³/mol. The summed E-state index contributed by atoms with van der Waals surface area (Å²) in [5.74, 6) is -2.04. The first kappa shape index (κ1) is 24.6. The molecule has 1 aliphatic rings. The summed E-state index contributed by atoms with van der Waals surface area (Å²) in [6.45, 7) is 2.13. The van der Waals surface area contributed by atoms with E-state index >= 15 is 0 Å². The van der Waals surface area contributed by atoms with Crippen molar-refractivity contribution in [1.29, 1.82) is 0 Å². The van der Waals surface area contributed by atoms with Gasteiger partial charge in [-0.05, 0) is 25.8 Å². The molecular weight excluding hydrogens is 466 g/mol. The Kier molecular flexibility index (Phi) is 8.22. The fourth-order valence-electron chi connectivity index (χ4n) is 2.74. The number of halogens is 2. The van der Waals surface area contributed by atoms with Crippen LogP contribution in [0.5, 0.6) is 5.88 Å². The standard InChI is InChI=1S/C19H24F2N4O5S2/c1-12(15(27)6-9-26)30-17-10-16(24-32(28,29)25-7-3-8-25)22-19(23-17)31-11-13-4-2-5-14(20)18(13)21/h2,4-5,10,12,15,26-27H,3,6-9,11H2,1H3,(H,22,23,24)/t12-,15+/m1/s1. The summed E-state index contributed by atoms with van der Waals surface area (Å²) in [4.78, 5) is 8.33. The number of aliphatic hydroxyl groups is 2. The van der Waals surface area contributed by atoms with Gasteiger partial charge in [-0.3, -0.25) is 4.72 Å². The molecule has 0 bridgehead atoms. The molecule has 0 radical (unpaired) electrons. The van der Waals surface area contributed by atoms with Gasteiger partial charge in [0.1, 0.15) is 11.9 Å². The van der Waals surface area contributed by atoms with E-state index in [1.807, 2.05) is 0 Å². The second-order valence-electron chi connectivity index (χ2n) is 7.14. The van der Waals surface area contributed by atoms with Gasteiger partial charge < -0.3 is 14.9 Å². The van der Waals surface area contributed by atoms with E-state index in [2.05, 4.69) is 14.7 Å².